The van der Waals surface area contributed by atoms with Crippen molar-refractivity contribution in [2.75, 3.05) is 7.11 Å². The van der Waals surface area contributed by atoms with Gasteiger partial charge in [-0.3, -0.25) is 0 Å². The Morgan fingerprint density at radius 3 is 2.12 bits per heavy atom. The van der Waals surface area contributed by atoms with Crippen LogP contribution in [-0.4, -0.2) is 12.2 Å². The largest absolute Gasteiger partial charge is 0.495 e. The van der Waals surface area contributed by atoms with E-state index in [0.29, 0.717) is 0 Å². The Kier molecular flexibility index (Phi) is 3.64. The molecule has 1 rings (SSSR count). The molecule has 0 amide bonds. The molecular formula is C11H12ClF3O2. The third-order valence-corrected chi connectivity index (χ3v) is 2.51. The summed E-state index contributed by atoms with van der Waals surface area (Å²) in [6.07, 6.45) is -4.52. The summed E-state index contributed by atoms with van der Waals surface area (Å²) in [5.41, 5.74) is -2.39. The van der Waals surface area contributed by atoms with Gasteiger partial charge in [-0.2, -0.15) is 13.2 Å². The summed E-state index contributed by atoms with van der Waals surface area (Å²) in [5.74, 6) is 0.0483. The van der Waals surface area contributed by atoms with Gasteiger partial charge in [0.1, 0.15) is 5.75 Å². The number of rotatable bonds is 2. The molecule has 1 N–H and O–H groups in total. The molecule has 0 bridgehead atoms. The Bertz CT molecular complexity index is 422. The minimum absolute atomic E-state index is 0.000162. The van der Waals surface area contributed by atoms with Gasteiger partial charge in [0, 0.05) is 5.56 Å². The molecule has 6 heteroatoms. The van der Waals surface area contributed by atoms with Gasteiger partial charge in [-0.05, 0) is 26.0 Å². The molecule has 2 nitrogen and oxygen atoms in total. The lowest BCUT2D eigenvalue weighted by Crippen LogP contribution is -2.19. The highest BCUT2D eigenvalue weighted by atomic mass is 35.5. The standard InChI is InChI=1S/C11H12ClF3O2/c1-10(2,16)7-4-6(11(13,14)15)5-8(12)9(7)17-3/h4-5,16H,1-3H3. The molecule has 1 aromatic carbocycles. The number of hydrogen-bond donors (Lipinski definition) is 1. The number of hydrogen-bond acceptors (Lipinski definition) is 2. The van der Waals surface area contributed by atoms with Gasteiger partial charge < -0.3 is 9.84 Å². The first-order valence-electron chi connectivity index (χ1n) is 4.75. The molecule has 1 aromatic rings. The van der Waals surface area contributed by atoms with Crippen molar-refractivity contribution >= 4 is 11.6 Å². The number of aliphatic hydroxyl groups is 1. The van der Waals surface area contributed by atoms with Crippen molar-refractivity contribution in [3.63, 3.8) is 0 Å². The van der Waals surface area contributed by atoms with Crippen molar-refractivity contribution < 1.29 is 23.0 Å². The van der Waals surface area contributed by atoms with Crippen LogP contribution >= 0.6 is 11.6 Å². The Morgan fingerprint density at radius 2 is 1.76 bits per heavy atom. The van der Waals surface area contributed by atoms with E-state index in [1.807, 2.05) is 0 Å². The molecule has 0 spiro atoms. The predicted octanol–water partition coefficient (Wildman–Crippen LogP) is 3.59. The molecule has 0 heterocycles. The normalized spacial score (nSPS) is 12.7. The maximum absolute atomic E-state index is 12.6. The minimum atomic E-state index is -4.52. The SMILES string of the molecule is COc1c(Cl)cc(C(F)(F)F)cc1C(C)(C)O. The van der Waals surface area contributed by atoms with E-state index in [1.54, 1.807) is 0 Å². The summed E-state index contributed by atoms with van der Waals surface area (Å²) >= 11 is 5.71. The van der Waals surface area contributed by atoms with E-state index in [2.05, 4.69) is 0 Å². The second-order valence-corrected chi connectivity index (χ2v) is 4.50. The van der Waals surface area contributed by atoms with Crippen LogP contribution in [0.25, 0.3) is 0 Å². The summed E-state index contributed by atoms with van der Waals surface area (Å²) in [5, 5.41) is 9.63. The van der Waals surface area contributed by atoms with Gasteiger partial charge in [0.15, 0.2) is 0 Å². The first-order valence-corrected chi connectivity index (χ1v) is 5.12. The molecule has 0 unspecified atom stereocenters. The molecule has 0 saturated heterocycles. The van der Waals surface area contributed by atoms with Gasteiger partial charge in [0.2, 0.25) is 0 Å². The zero-order valence-corrected chi connectivity index (χ0v) is 10.3. The van der Waals surface area contributed by atoms with Crippen molar-refractivity contribution in [2.24, 2.45) is 0 Å². The lowest BCUT2D eigenvalue weighted by Gasteiger charge is -2.23. The summed E-state index contributed by atoms with van der Waals surface area (Å²) in [6, 6.07) is 1.61. The molecule has 0 atom stereocenters. The summed E-state index contributed by atoms with van der Waals surface area (Å²) in [6.45, 7) is 2.72. The highest BCUT2D eigenvalue weighted by Gasteiger charge is 2.34. The average Bonchev–Trinajstić information content (AvgIpc) is 2.13. The lowest BCUT2D eigenvalue weighted by atomic mass is 9.95. The maximum atomic E-state index is 12.6. The van der Waals surface area contributed by atoms with Crippen LogP contribution in [0.5, 0.6) is 5.75 Å². The van der Waals surface area contributed by atoms with Crippen LogP contribution in [0.4, 0.5) is 13.2 Å². The summed E-state index contributed by atoms with van der Waals surface area (Å²) < 4.78 is 42.7. The smallest absolute Gasteiger partial charge is 0.416 e. The first kappa shape index (κ1) is 14.1. The average molecular weight is 269 g/mol. The fraction of sp³-hybridized carbons (Fsp3) is 0.455. The minimum Gasteiger partial charge on any atom is -0.495 e. The van der Waals surface area contributed by atoms with Crippen LogP contribution < -0.4 is 4.74 Å². The molecule has 17 heavy (non-hydrogen) atoms. The van der Waals surface area contributed by atoms with Crippen LogP contribution in [0, 0.1) is 0 Å². The molecule has 0 fully saturated rings. The number of benzene rings is 1. The third-order valence-electron chi connectivity index (χ3n) is 2.23. The fourth-order valence-electron chi connectivity index (χ4n) is 1.42. The molecule has 0 radical (unpaired) electrons. The molecule has 0 aliphatic carbocycles. The monoisotopic (exact) mass is 268 g/mol. The summed E-state index contributed by atoms with van der Waals surface area (Å²) in [4.78, 5) is 0. The highest BCUT2D eigenvalue weighted by molar-refractivity contribution is 6.32. The topological polar surface area (TPSA) is 29.5 Å². The third kappa shape index (κ3) is 3.04. The van der Waals surface area contributed by atoms with E-state index in [4.69, 9.17) is 16.3 Å². The number of alkyl halides is 3. The number of methoxy groups -OCH3 is 1. The number of halogens is 4. The van der Waals surface area contributed by atoms with E-state index in [0.717, 1.165) is 12.1 Å². The second kappa shape index (κ2) is 4.38. The lowest BCUT2D eigenvalue weighted by molar-refractivity contribution is -0.137. The zero-order chi connectivity index (χ0) is 13.4. The van der Waals surface area contributed by atoms with Crippen LogP contribution in [-0.2, 0) is 11.8 Å². The van der Waals surface area contributed by atoms with E-state index in [-0.39, 0.29) is 16.3 Å². The highest BCUT2D eigenvalue weighted by Crippen LogP contribution is 2.41. The van der Waals surface area contributed by atoms with Gasteiger partial charge in [-0.1, -0.05) is 11.6 Å². The van der Waals surface area contributed by atoms with Crippen molar-refractivity contribution in [3.8, 4) is 5.75 Å². The van der Waals surface area contributed by atoms with Crippen LogP contribution in [0.1, 0.15) is 25.0 Å². The summed E-state index contributed by atoms with van der Waals surface area (Å²) in [7, 11) is 1.28. The molecule has 0 saturated carbocycles. The first-order chi connectivity index (χ1) is 7.57. The van der Waals surface area contributed by atoms with Gasteiger partial charge in [0.25, 0.3) is 0 Å². The van der Waals surface area contributed by atoms with E-state index >= 15 is 0 Å². The van der Waals surface area contributed by atoms with Crippen LogP contribution in [0.3, 0.4) is 0 Å². The second-order valence-electron chi connectivity index (χ2n) is 4.10. The molecule has 0 aromatic heterocycles. The van der Waals surface area contributed by atoms with Gasteiger partial charge in [-0.15, -0.1) is 0 Å². The van der Waals surface area contributed by atoms with Crippen LogP contribution in [0.2, 0.25) is 5.02 Å². The quantitative estimate of drug-likeness (QED) is 0.888. The van der Waals surface area contributed by atoms with E-state index in [1.165, 1.54) is 21.0 Å². The molecular weight excluding hydrogens is 257 g/mol. The Labute approximate surface area is 102 Å². The Balaban J connectivity index is 3.51. The van der Waals surface area contributed by atoms with Crippen molar-refractivity contribution in [3.05, 3.63) is 28.3 Å². The Morgan fingerprint density at radius 1 is 1.24 bits per heavy atom. The molecule has 96 valence electrons. The van der Waals surface area contributed by atoms with Gasteiger partial charge in [0.05, 0.1) is 23.3 Å². The van der Waals surface area contributed by atoms with Crippen molar-refractivity contribution in [1.29, 1.82) is 0 Å². The zero-order valence-electron chi connectivity index (χ0n) is 9.52. The molecule has 0 aliphatic heterocycles. The van der Waals surface area contributed by atoms with E-state index < -0.39 is 17.3 Å². The predicted molar refractivity (Wildman–Crippen MR) is 58.3 cm³/mol. The number of ether oxygens (including phenoxy) is 1. The van der Waals surface area contributed by atoms with Gasteiger partial charge in [-0.25, -0.2) is 0 Å². The van der Waals surface area contributed by atoms with Gasteiger partial charge >= 0.3 is 6.18 Å². The van der Waals surface area contributed by atoms with Crippen LogP contribution in [0.15, 0.2) is 12.1 Å². The van der Waals surface area contributed by atoms with Crippen molar-refractivity contribution in [2.45, 2.75) is 25.6 Å². The molecule has 0 aliphatic rings. The maximum Gasteiger partial charge on any atom is 0.416 e. The Hall–Kier alpha value is -0.940. The fourth-order valence-corrected chi connectivity index (χ4v) is 1.72. The van der Waals surface area contributed by atoms with E-state index in [9.17, 15) is 18.3 Å². The van der Waals surface area contributed by atoms with Crippen molar-refractivity contribution in [1.82, 2.24) is 0 Å².